The van der Waals surface area contributed by atoms with Crippen molar-refractivity contribution in [2.24, 2.45) is 11.8 Å². The SMILES string of the molecule is CC1CCCC(NC(=O)CN2C(=O)NC(C)(c3ccc(Cl)cc3)C2=O)C1C. The van der Waals surface area contributed by atoms with Crippen molar-refractivity contribution in [3.63, 3.8) is 0 Å². The van der Waals surface area contributed by atoms with E-state index in [0.29, 0.717) is 22.4 Å². The molecule has 27 heavy (non-hydrogen) atoms. The Morgan fingerprint density at radius 3 is 2.59 bits per heavy atom. The monoisotopic (exact) mass is 391 g/mol. The lowest BCUT2D eigenvalue weighted by atomic mass is 9.78. The highest BCUT2D eigenvalue weighted by Gasteiger charge is 2.49. The number of carbonyl (C=O) groups is 3. The van der Waals surface area contributed by atoms with Crippen molar-refractivity contribution < 1.29 is 14.4 Å². The first-order valence-electron chi connectivity index (χ1n) is 9.42. The number of hydrogen-bond acceptors (Lipinski definition) is 3. The molecule has 0 radical (unpaired) electrons. The van der Waals surface area contributed by atoms with E-state index in [1.54, 1.807) is 31.2 Å². The van der Waals surface area contributed by atoms with E-state index in [2.05, 4.69) is 24.5 Å². The fraction of sp³-hybridized carbons (Fsp3) is 0.550. The number of halogens is 1. The quantitative estimate of drug-likeness (QED) is 0.774. The van der Waals surface area contributed by atoms with Crippen LogP contribution in [0.4, 0.5) is 4.79 Å². The molecule has 4 amide bonds. The summed E-state index contributed by atoms with van der Waals surface area (Å²) in [6.45, 7) is 5.70. The highest BCUT2D eigenvalue weighted by molar-refractivity contribution is 6.30. The van der Waals surface area contributed by atoms with Gasteiger partial charge in [-0.15, -0.1) is 0 Å². The van der Waals surface area contributed by atoms with E-state index in [-0.39, 0.29) is 18.5 Å². The molecule has 1 aliphatic heterocycles. The number of hydrogen-bond donors (Lipinski definition) is 2. The van der Waals surface area contributed by atoms with Gasteiger partial charge in [0.25, 0.3) is 5.91 Å². The first-order chi connectivity index (χ1) is 12.7. The van der Waals surface area contributed by atoms with E-state index in [4.69, 9.17) is 11.6 Å². The van der Waals surface area contributed by atoms with Crippen LogP contribution < -0.4 is 10.6 Å². The van der Waals surface area contributed by atoms with Crippen LogP contribution in [-0.2, 0) is 15.1 Å². The van der Waals surface area contributed by atoms with Crippen LogP contribution in [0.25, 0.3) is 0 Å². The molecule has 1 heterocycles. The fourth-order valence-corrected chi connectivity index (χ4v) is 4.13. The molecule has 2 fully saturated rings. The molecule has 1 saturated heterocycles. The molecule has 7 heteroatoms. The first-order valence-corrected chi connectivity index (χ1v) is 9.79. The predicted octanol–water partition coefficient (Wildman–Crippen LogP) is 3.05. The summed E-state index contributed by atoms with van der Waals surface area (Å²) in [5, 5.41) is 6.26. The zero-order valence-electron chi connectivity index (χ0n) is 15.9. The summed E-state index contributed by atoms with van der Waals surface area (Å²) in [6, 6.07) is 6.28. The molecule has 0 aromatic heterocycles. The van der Waals surface area contributed by atoms with Gasteiger partial charge in [0.1, 0.15) is 12.1 Å². The van der Waals surface area contributed by atoms with Gasteiger partial charge in [-0.2, -0.15) is 0 Å². The molecule has 2 aliphatic rings. The summed E-state index contributed by atoms with van der Waals surface area (Å²) in [5.41, 5.74) is -0.572. The van der Waals surface area contributed by atoms with Crippen molar-refractivity contribution in [2.45, 2.75) is 51.6 Å². The molecule has 0 bridgehead atoms. The van der Waals surface area contributed by atoms with Gasteiger partial charge in [0.05, 0.1) is 0 Å². The van der Waals surface area contributed by atoms with Gasteiger partial charge in [-0.3, -0.25) is 14.5 Å². The molecular weight excluding hydrogens is 366 g/mol. The number of nitrogens with one attached hydrogen (secondary N) is 2. The smallest absolute Gasteiger partial charge is 0.325 e. The number of benzene rings is 1. The number of carbonyl (C=O) groups excluding carboxylic acids is 3. The Morgan fingerprint density at radius 2 is 1.93 bits per heavy atom. The maximum absolute atomic E-state index is 12.9. The van der Waals surface area contributed by atoms with Crippen LogP contribution in [0.2, 0.25) is 5.02 Å². The van der Waals surface area contributed by atoms with Crippen LogP contribution in [-0.4, -0.2) is 35.3 Å². The van der Waals surface area contributed by atoms with Crippen molar-refractivity contribution in [1.82, 2.24) is 15.5 Å². The maximum Gasteiger partial charge on any atom is 0.325 e. The van der Waals surface area contributed by atoms with Crippen LogP contribution >= 0.6 is 11.6 Å². The summed E-state index contributed by atoms with van der Waals surface area (Å²) in [7, 11) is 0. The van der Waals surface area contributed by atoms with Gasteiger partial charge < -0.3 is 10.6 Å². The normalized spacial score (nSPS) is 31.0. The van der Waals surface area contributed by atoms with Gasteiger partial charge in [-0.05, 0) is 42.9 Å². The number of imide groups is 1. The molecule has 4 atom stereocenters. The summed E-state index contributed by atoms with van der Waals surface area (Å²) in [6.07, 6.45) is 3.17. The molecule has 1 aromatic rings. The largest absolute Gasteiger partial charge is 0.352 e. The van der Waals surface area contributed by atoms with Crippen molar-refractivity contribution in [3.8, 4) is 0 Å². The summed E-state index contributed by atoms with van der Waals surface area (Å²) >= 11 is 5.91. The third-order valence-corrected chi connectivity index (χ3v) is 6.30. The Morgan fingerprint density at radius 1 is 1.26 bits per heavy atom. The zero-order chi connectivity index (χ0) is 19.8. The van der Waals surface area contributed by atoms with E-state index in [0.717, 1.165) is 17.7 Å². The molecule has 4 unspecified atom stereocenters. The Hall–Kier alpha value is -2.08. The summed E-state index contributed by atoms with van der Waals surface area (Å²) < 4.78 is 0. The van der Waals surface area contributed by atoms with Crippen molar-refractivity contribution >= 4 is 29.4 Å². The molecule has 2 N–H and O–H groups in total. The molecule has 6 nitrogen and oxygen atoms in total. The highest BCUT2D eigenvalue weighted by Crippen LogP contribution is 2.31. The van der Waals surface area contributed by atoms with E-state index >= 15 is 0 Å². The second-order valence-electron chi connectivity index (χ2n) is 7.89. The van der Waals surface area contributed by atoms with Gasteiger partial charge in [-0.25, -0.2) is 4.79 Å². The number of urea groups is 1. The van der Waals surface area contributed by atoms with Crippen LogP contribution in [0.1, 0.15) is 45.6 Å². The van der Waals surface area contributed by atoms with Gasteiger partial charge in [0.15, 0.2) is 0 Å². The lowest BCUT2D eigenvalue weighted by Crippen LogP contribution is -2.48. The van der Waals surface area contributed by atoms with Crippen molar-refractivity contribution in [3.05, 3.63) is 34.9 Å². The third kappa shape index (κ3) is 3.81. The van der Waals surface area contributed by atoms with Gasteiger partial charge >= 0.3 is 6.03 Å². The lowest BCUT2D eigenvalue weighted by Gasteiger charge is -2.34. The van der Waals surface area contributed by atoms with Crippen LogP contribution in [0, 0.1) is 11.8 Å². The number of amides is 4. The number of nitrogens with zero attached hydrogens (tertiary/aromatic N) is 1. The second-order valence-corrected chi connectivity index (χ2v) is 8.33. The highest BCUT2D eigenvalue weighted by atomic mass is 35.5. The molecule has 0 spiro atoms. The summed E-state index contributed by atoms with van der Waals surface area (Å²) in [5.74, 6) is 0.193. The lowest BCUT2D eigenvalue weighted by molar-refractivity contribution is -0.135. The Bertz CT molecular complexity index is 751. The molecule has 146 valence electrons. The maximum atomic E-state index is 12.9. The minimum absolute atomic E-state index is 0.0877. The second kappa shape index (κ2) is 7.50. The van der Waals surface area contributed by atoms with Crippen LogP contribution in [0.15, 0.2) is 24.3 Å². The Labute approximate surface area is 164 Å². The molecule has 3 rings (SSSR count). The van der Waals surface area contributed by atoms with Crippen LogP contribution in [0.3, 0.4) is 0 Å². The Kier molecular flexibility index (Phi) is 5.47. The van der Waals surface area contributed by atoms with E-state index in [1.165, 1.54) is 6.42 Å². The average Bonchev–Trinajstić information content (AvgIpc) is 2.83. The van der Waals surface area contributed by atoms with Crippen LogP contribution in [0.5, 0.6) is 0 Å². The number of rotatable bonds is 4. The van der Waals surface area contributed by atoms with Crippen molar-refractivity contribution in [1.29, 1.82) is 0 Å². The third-order valence-electron chi connectivity index (χ3n) is 6.05. The first kappa shape index (κ1) is 19.7. The minimum Gasteiger partial charge on any atom is -0.352 e. The molecule has 1 aliphatic carbocycles. The molecular formula is C20H26ClN3O3. The fourth-order valence-electron chi connectivity index (χ4n) is 4.00. The zero-order valence-corrected chi connectivity index (χ0v) is 16.7. The minimum atomic E-state index is -1.20. The van der Waals surface area contributed by atoms with Gasteiger partial charge in [0, 0.05) is 11.1 Å². The standard InChI is InChI=1S/C20H26ClN3O3/c1-12-5-4-6-16(13(12)2)22-17(25)11-24-18(26)20(3,23-19(24)27)14-7-9-15(21)10-8-14/h7-10,12-13,16H,4-6,11H2,1-3H3,(H,22,25)(H,23,27). The topological polar surface area (TPSA) is 78.5 Å². The Balaban J connectivity index is 1.68. The van der Waals surface area contributed by atoms with E-state index in [9.17, 15) is 14.4 Å². The molecule has 1 saturated carbocycles. The molecule has 1 aromatic carbocycles. The van der Waals surface area contributed by atoms with Gasteiger partial charge in [-0.1, -0.05) is 50.4 Å². The van der Waals surface area contributed by atoms with Crippen molar-refractivity contribution in [2.75, 3.05) is 6.54 Å². The summed E-state index contributed by atoms with van der Waals surface area (Å²) in [4.78, 5) is 38.8. The van der Waals surface area contributed by atoms with E-state index in [1.807, 2.05) is 0 Å². The van der Waals surface area contributed by atoms with Gasteiger partial charge in [0.2, 0.25) is 5.91 Å². The average molecular weight is 392 g/mol. The van der Waals surface area contributed by atoms with E-state index < -0.39 is 17.5 Å². The predicted molar refractivity (Wildman–Crippen MR) is 103 cm³/mol.